The summed E-state index contributed by atoms with van der Waals surface area (Å²) in [6.45, 7) is 8.34. The minimum Gasteiger partial charge on any atom is -0.465 e. The molecule has 0 bridgehead atoms. The number of hydrogen-bond acceptors (Lipinski definition) is 5. The quantitative estimate of drug-likeness (QED) is 0.479. The normalized spacial score (nSPS) is 9.93. The molecule has 0 aromatic rings. The van der Waals surface area contributed by atoms with E-state index in [0.29, 0.717) is 26.2 Å². The molecular formula is C18H41ClN4O4. The molecule has 2 amide bonds. The molecule has 2 N–H and O–H groups in total. The SMILES string of the molecule is CCCN(CCCN(C)C)C(=O)O.CCCOC(=O)NCCCN(C)C.Cl. The number of carbonyl (C=O) groups is 2. The van der Waals surface area contributed by atoms with Crippen LogP contribution in [0, 0.1) is 0 Å². The van der Waals surface area contributed by atoms with Gasteiger partial charge in [0.2, 0.25) is 0 Å². The van der Waals surface area contributed by atoms with E-state index in [-0.39, 0.29) is 18.5 Å². The van der Waals surface area contributed by atoms with Crippen molar-refractivity contribution in [2.75, 3.05) is 67.5 Å². The second kappa shape index (κ2) is 21.1. The van der Waals surface area contributed by atoms with Crippen LogP contribution in [0.4, 0.5) is 9.59 Å². The largest absolute Gasteiger partial charge is 0.465 e. The Morgan fingerprint density at radius 3 is 1.89 bits per heavy atom. The summed E-state index contributed by atoms with van der Waals surface area (Å²) >= 11 is 0. The van der Waals surface area contributed by atoms with Crippen LogP contribution in [0.5, 0.6) is 0 Å². The molecule has 8 nitrogen and oxygen atoms in total. The van der Waals surface area contributed by atoms with Gasteiger partial charge in [0.15, 0.2) is 0 Å². The van der Waals surface area contributed by atoms with Gasteiger partial charge in [-0.05, 0) is 67.0 Å². The molecule has 0 heterocycles. The fourth-order valence-electron chi connectivity index (χ4n) is 1.98. The lowest BCUT2D eigenvalue weighted by molar-refractivity contribution is 0.143. The minimum absolute atomic E-state index is 0. The number of nitrogens with one attached hydrogen (secondary N) is 1. The van der Waals surface area contributed by atoms with Gasteiger partial charge in [-0.3, -0.25) is 0 Å². The van der Waals surface area contributed by atoms with Gasteiger partial charge in [0.05, 0.1) is 6.61 Å². The van der Waals surface area contributed by atoms with Crippen molar-refractivity contribution in [3.63, 3.8) is 0 Å². The Morgan fingerprint density at radius 1 is 0.889 bits per heavy atom. The Labute approximate surface area is 171 Å². The smallest absolute Gasteiger partial charge is 0.407 e. The van der Waals surface area contributed by atoms with Crippen LogP contribution in [0.25, 0.3) is 0 Å². The van der Waals surface area contributed by atoms with Crippen LogP contribution in [0.15, 0.2) is 0 Å². The summed E-state index contributed by atoms with van der Waals surface area (Å²) in [5.74, 6) is 0. The van der Waals surface area contributed by atoms with E-state index in [1.165, 1.54) is 4.90 Å². The Morgan fingerprint density at radius 2 is 1.44 bits per heavy atom. The van der Waals surface area contributed by atoms with E-state index in [4.69, 9.17) is 9.84 Å². The zero-order valence-electron chi connectivity index (χ0n) is 18.0. The molecular weight excluding hydrogens is 372 g/mol. The predicted octanol–water partition coefficient (Wildman–Crippen LogP) is 2.82. The third kappa shape index (κ3) is 24.8. The van der Waals surface area contributed by atoms with Gasteiger partial charge in [-0.15, -0.1) is 12.4 Å². The lowest BCUT2D eigenvalue weighted by Gasteiger charge is -2.19. The first-order valence-electron chi connectivity index (χ1n) is 9.42. The number of carbonyl (C=O) groups excluding carboxylic acids is 1. The molecule has 27 heavy (non-hydrogen) atoms. The summed E-state index contributed by atoms with van der Waals surface area (Å²) in [4.78, 5) is 27.2. The van der Waals surface area contributed by atoms with Crippen LogP contribution in [-0.2, 0) is 4.74 Å². The number of ether oxygens (including phenoxy) is 1. The number of halogens is 1. The molecule has 0 spiro atoms. The van der Waals surface area contributed by atoms with Crippen molar-refractivity contribution >= 4 is 24.6 Å². The molecule has 0 fully saturated rings. The average molecular weight is 413 g/mol. The van der Waals surface area contributed by atoms with Gasteiger partial charge in [0, 0.05) is 19.6 Å². The van der Waals surface area contributed by atoms with E-state index >= 15 is 0 Å². The zero-order valence-corrected chi connectivity index (χ0v) is 18.8. The van der Waals surface area contributed by atoms with Gasteiger partial charge < -0.3 is 29.9 Å². The highest BCUT2D eigenvalue weighted by atomic mass is 35.5. The van der Waals surface area contributed by atoms with Gasteiger partial charge in [0.25, 0.3) is 0 Å². The van der Waals surface area contributed by atoms with Crippen LogP contribution in [0.1, 0.15) is 39.5 Å². The van der Waals surface area contributed by atoms with Crippen molar-refractivity contribution < 1.29 is 19.4 Å². The fraction of sp³-hybridized carbons (Fsp3) is 0.889. The molecule has 0 saturated carbocycles. The maximum Gasteiger partial charge on any atom is 0.407 e. The summed E-state index contributed by atoms with van der Waals surface area (Å²) in [5, 5.41) is 11.5. The second-order valence-electron chi connectivity index (χ2n) is 6.65. The first-order chi connectivity index (χ1) is 12.2. The van der Waals surface area contributed by atoms with Crippen LogP contribution < -0.4 is 5.32 Å². The highest BCUT2D eigenvalue weighted by molar-refractivity contribution is 5.85. The summed E-state index contributed by atoms with van der Waals surface area (Å²) in [7, 11) is 8.00. The fourth-order valence-corrected chi connectivity index (χ4v) is 1.98. The van der Waals surface area contributed by atoms with Crippen LogP contribution >= 0.6 is 12.4 Å². The lowest BCUT2D eigenvalue weighted by atomic mass is 10.3. The second-order valence-corrected chi connectivity index (χ2v) is 6.65. The monoisotopic (exact) mass is 412 g/mol. The molecule has 0 rings (SSSR count). The summed E-state index contributed by atoms with van der Waals surface area (Å²) in [5.41, 5.74) is 0. The van der Waals surface area contributed by atoms with Gasteiger partial charge in [0.1, 0.15) is 0 Å². The Hall–Kier alpha value is -1.25. The van der Waals surface area contributed by atoms with Crippen molar-refractivity contribution in [1.82, 2.24) is 20.0 Å². The van der Waals surface area contributed by atoms with E-state index in [2.05, 4.69) is 15.1 Å². The third-order valence-corrected chi connectivity index (χ3v) is 3.29. The molecule has 0 aliphatic rings. The average Bonchev–Trinajstić information content (AvgIpc) is 2.56. The molecule has 0 aliphatic heterocycles. The highest BCUT2D eigenvalue weighted by Crippen LogP contribution is 1.95. The molecule has 164 valence electrons. The number of amides is 2. The Bertz CT molecular complexity index is 356. The van der Waals surface area contributed by atoms with Crippen molar-refractivity contribution in [3.8, 4) is 0 Å². The molecule has 0 aromatic carbocycles. The predicted molar refractivity (Wildman–Crippen MR) is 113 cm³/mol. The van der Waals surface area contributed by atoms with Crippen LogP contribution in [0.3, 0.4) is 0 Å². The highest BCUT2D eigenvalue weighted by Gasteiger charge is 2.09. The molecule has 9 heteroatoms. The number of nitrogens with zero attached hydrogens (tertiary/aromatic N) is 3. The topological polar surface area (TPSA) is 85.4 Å². The molecule has 0 aliphatic carbocycles. The van der Waals surface area contributed by atoms with E-state index in [1.54, 1.807) is 0 Å². The zero-order chi connectivity index (χ0) is 20.4. The number of rotatable bonds is 12. The molecule has 0 aromatic heterocycles. The van der Waals surface area contributed by atoms with E-state index < -0.39 is 6.09 Å². The lowest BCUT2D eigenvalue weighted by Crippen LogP contribution is -2.32. The number of alkyl carbamates (subject to hydrolysis) is 1. The Kier molecular flexibility index (Phi) is 23.8. The molecule has 0 radical (unpaired) electrons. The van der Waals surface area contributed by atoms with Crippen LogP contribution in [0.2, 0.25) is 0 Å². The van der Waals surface area contributed by atoms with Gasteiger partial charge in [-0.25, -0.2) is 9.59 Å². The van der Waals surface area contributed by atoms with Gasteiger partial charge in [-0.2, -0.15) is 0 Å². The molecule has 0 unspecified atom stereocenters. The summed E-state index contributed by atoms with van der Waals surface area (Å²) in [6.07, 6.45) is 2.49. The summed E-state index contributed by atoms with van der Waals surface area (Å²) < 4.78 is 4.83. The van der Waals surface area contributed by atoms with E-state index in [1.807, 2.05) is 42.0 Å². The van der Waals surface area contributed by atoms with E-state index in [9.17, 15) is 9.59 Å². The maximum absolute atomic E-state index is 10.9. The molecule has 0 saturated heterocycles. The number of carboxylic acid groups (broad SMARTS) is 1. The van der Waals surface area contributed by atoms with Gasteiger partial charge in [-0.1, -0.05) is 13.8 Å². The van der Waals surface area contributed by atoms with Gasteiger partial charge >= 0.3 is 12.2 Å². The number of hydrogen-bond donors (Lipinski definition) is 2. The van der Waals surface area contributed by atoms with Crippen molar-refractivity contribution in [2.45, 2.75) is 39.5 Å². The standard InChI is InChI=1S/2C9H20N2O2.ClH/c1-4-8-13-9(12)10-6-5-7-11(2)3;1-4-6-11(9(12)13)8-5-7-10(2)3;/h4-8H2,1-3H3,(H,10,12);4-8H2,1-3H3,(H,12,13);1H. The maximum atomic E-state index is 10.9. The van der Waals surface area contributed by atoms with E-state index in [0.717, 1.165) is 38.8 Å². The first kappa shape index (κ1) is 30.5. The Balaban J connectivity index is -0.000000411. The minimum atomic E-state index is -0.805. The van der Waals surface area contributed by atoms with Crippen LogP contribution in [-0.4, -0.2) is 99.5 Å². The van der Waals surface area contributed by atoms with Crippen molar-refractivity contribution in [1.29, 1.82) is 0 Å². The first-order valence-corrected chi connectivity index (χ1v) is 9.42. The van der Waals surface area contributed by atoms with Crippen molar-refractivity contribution in [2.24, 2.45) is 0 Å². The third-order valence-electron chi connectivity index (χ3n) is 3.29. The molecule has 0 atom stereocenters. The summed E-state index contributed by atoms with van der Waals surface area (Å²) in [6, 6.07) is 0. The van der Waals surface area contributed by atoms with Crippen molar-refractivity contribution in [3.05, 3.63) is 0 Å².